The number of nitrogens with zero attached hydrogens (tertiary/aromatic N) is 3. The molecule has 8 nitrogen and oxygen atoms in total. The van der Waals surface area contributed by atoms with Crippen LogP contribution in [-0.4, -0.2) is 47.8 Å². The van der Waals surface area contributed by atoms with Gasteiger partial charge in [0.15, 0.2) is 5.13 Å². The van der Waals surface area contributed by atoms with Crippen LogP contribution in [0.4, 0.5) is 16.0 Å². The summed E-state index contributed by atoms with van der Waals surface area (Å²) in [5.41, 5.74) is 1.72. The van der Waals surface area contributed by atoms with E-state index in [1.165, 1.54) is 0 Å². The number of anilines is 3. The lowest BCUT2D eigenvalue weighted by atomic mass is 10.1. The second-order valence-corrected chi connectivity index (χ2v) is 7.17. The minimum absolute atomic E-state index is 0.142. The van der Waals surface area contributed by atoms with Gasteiger partial charge in [0, 0.05) is 19.7 Å². The van der Waals surface area contributed by atoms with Gasteiger partial charge in [-0.3, -0.25) is 0 Å². The molecule has 1 saturated heterocycles. The summed E-state index contributed by atoms with van der Waals surface area (Å²) < 4.78 is 11.2. The molecule has 0 aliphatic carbocycles. The van der Waals surface area contributed by atoms with Crippen LogP contribution in [0.2, 0.25) is 0 Å². The first-order valence-electron chi connectivity index (χ1n) is 8.72. The molecule has 0 amide bonds. The number of ether oxygens (including phenoxy) is 2. The van der Waals surface area contributed by atoms with Crippen molar-refractivity contribution in [2.45, 2.75) is 25.6 Å². The lowest BCUT2D eigenvalue weighted by Gasteiger charge is -2.23. The number of nitrogens with one attached hydrogen (secondary N) is 3. The number of piperidine rings is 1. The molecule has 0 unspecified atom stereocenters. The summed E-state index contributed by atoms with van der Waals surface area (Å²) in [4.78, 5) is 13.6. The van der Waals surface area contributed by atoms with Gasteiger partial charge in [-0.25, -0.2) is 4.98 Å². The predicted octanol–water partition coefficient (Wildman–Crippen LogP) is 2.39. The van der Waals surface area contributed by atoms with Crippen LogP contribution in [0.15, 0.2) is 12.1 Å². The highest BCUT2D eigenvalue weighted by molar-refractivity contribution is 7.19. The van der Waals surface area contributed by atoms with Gasteiger partial charge in [0.1, 0.15) is 16.9 Å². The maximum Gasteiger partial charge on any atom is 0.318 e. The van der Waals surface area contributed by atoms with E-state index in [9.17, 15) is 0 Å². The quantitative estimate of drug-likeness (QED) is 0.710. The number of thiazole rings is 1. The molecule has 0 radical (unpaired) electrons. The van der Waals surface area contributed by atoms with Crippen LogP contribution in [0.3, 0.4) is 0 Å². The van der Waals surface area contributed by atoms with E-state index < -0.39 is 0 Å². The molecule has 26 heavy (non-hydrogen) atoms. The van der Waals surface area contributed by atoms with Crippen molar-refractivity contribution in [3.63, 3.8) is 0 Å². The molecule has 0 atom stereocenters. The number of rotatable bonds is 6. The van der Waals surface area contributed by atoms with Crippen molar-refractivity contribution in [1.82, 2.24) is 20.3 Å². The van der Waals surface area contributed by atoms with Crippen LogP contribution in [0, 0.1) is 0 Å². The van der Waals surface area contributed by atoms with Gasteiger partial charge in [0.2, 0.25) is 0 Å². The zero-order valence-electron chi connectivity index (χ0n) is 14.6. The highest BCUT2D eigenvalue weighted by Crippen LogP contribution is 2.32. The van der Waals surface area contributed by atoms with Crippen LogP contribution in [0.25, 0.3) is 6.08 Å². The van der Waals surface area contributed by atoms with E-state index in [2.05, 4.69) is 37.0 Å². The van der Waals surface area contributed by atoms with Crippen LogP contribution in [0.1, 0.15) is 24.2 Å². The first-order valence-corrected chi connectivity index (χ1v) is 9.54. The SMILES string of the molecule is COCc1cc(Nc2nc3c(s2)NCC=C3)nc(OC2CCNCC2)n1. The third kappa shape index (κ3) is 4.12. The molecule has 4 rings (SSSR count). The molecule has 0 spiro atoms. The topological polar surface area (TPSA) is 93.2 Å². The Morgan fingerprint density at radius 1 is 1.27 bits per heavy atom. The highest BCUT2D eigenvalue weighted by Gasteiger charge is 2.18. The Morgan fingerprint density at radius 2 is 2.15 bits per heavy atom. The van der Waals surface area contributed by atoms with Gasteiger partial charge < -0.3 is 25.4 Å². The molecule has 3 N–H and O–H groups in total. The molecule has 138 valence electrons. The zero-order valence-corrected chi connectivity index (χ0v) is 15.4. The van der Waals surface area contributed by atoms with Crippen molar-refractivity contribution >= 4 is 33.4 Å². The van der Waals surface area contributed by atoms with Crippen molar-refractivity contribution in [2.75, 3.05) is 37.4 Å². The maximum absolute atomic E-state index is 6.00. The smallest absolute Gasteiger partial charge is 0.318 e. The highest BCUT2D eigenvalue weighted by atomic mass is 32.1. The molecule has 2 aromatic heterocycles. The van der Waals surface area contributed by atoms with Crippen LogP contribution >= 0.6 is 11.3 Å². The van der Waals surface area contributed by atoms with E-state index in [1.54, 1.807) is 18.4 Å². The molecule has 9 heteroatoms. The molecule has 2 aromatic rings. The minimum atomic E-state index is 0.142. The van der Waals surface area contributed by atoms with Crippen molar-refractivity contribution in [3.05, 3.63) is 23.5 Å². The molecule has 2 aliphatic heterocycles. The summed E-state index contributed by atoms with van der Waals surface area (Å²) in [6.45, 7) is 3.14. The third-order valence-electron chi connectivity index (χ3n) is 4.15. The van der Waals surface area contributed by atoms with E-state index in [4.69, 9.17) is 9.47 Å². The van der Waals surface area contributed by atoms with Crippen LogP contribution in [-0.2, 0) is 11.3 Å². The maximum atomic E-state index is 6.00. The van der Waals surface area contributed by atoms with Gasteiger partial charge in [-0.05, 0) is 32.0 Å². The first-order chi connectivity index (χ1) is 12.8. The van der Waals surface area contributed by atoms with Crippen molar-refractivity contribution in [3.8, 4) is 6.01 Å². The van der Waals surface area contributed by atoms with Gasteiger partial charge in [0.05, 0.1) is 18.0 Å². The Balaban J connectivity index is 1.53. The van der Waals surface area contributed by atoms with Crippen molar-refractivity contribution in [1.29, 1.82) is 0 Å². The van der Waals surface area contributed by atoms with E-state index in [1.807, 2.05) is 12.1 Å². The number of fused-ring (bicyclic) bond motifs is 1. The monoisotopic (exact) mass is 374 g/mol. The standard InChI is InChI=1S/C17H22N6O2S/c1-24-10-11-9-14(22-16(20-11)25-12-4-7-18-8-5-12)23-17-21-13-3-2-6-19-15(13)26-17/h2-3,9,12,18-19H,4-8,10H2,1H3,(H,20,21,22,23). The fourth-order valence-corrected chi connectivity index (χ4v) is 3.80. The van der Waals surface area contributed by atoms with E-state index in [0.29, 0.717) is 18.4 Å². The summed E-state index contributed by atoms with van der Waals surface area (Å²) in [7, 11) is 1.65. The van der Waals surface area contributed by atoms with Gasteiger partial charge in [-0.2, -0.15) is 9.97 Å². The summed E-state index contributed by atoms with van der Waals surface area (Å²) >= 11 is 1.57. The summed E-state index contributed by atoms with van der Waals surface area (Å²) in [6.07, 6.45) is 6.13. The Hall–Kier alpha value is -2.23. The number of hydrogen-bond donors (Lipinski definition) is 3. The lowest BCUT2D eigenvalue weighted by Crippen LogP contribution is -2.34. The molecule has 1 fully saturated rings. The largest absolute Gasteiger partial charge is 0.460 e. The van der Waals surface area contributed by atoms with Crippen molar-refractivity contribution < 1.29 is 9.47 Å². The van der Waals surface area contributed by atoms with Gasteiger partial charge >= 0.3 is 6.01 Å². The Kier molecular flexibility index (Phi) is 5.28. The van der Waals surface area contributed by atoms with Gasteiger partial charge in [-0.1, -0.05) is 17.4 Å². The average molecular weight is 374 g/mol. The normalized spacial score (nSPS) is 16.8. The number of hydrogen-bond acceptors (Lipinski definition) is 9. The number of aromatic nitrogens is 3. The second-order valence-electron chi connectivity index (χ2n) is 6.17. The Labute approximate surface area is 156 Å². The Bertz CT molecular complexity index is 788. The molecular formula is C17H22N6O2S. The average Bonchev–Trinajstić information content (AvgIpc) is 3.05. The van der Waals surface area contributed by atoms with E-state index in [0.717, 1.165) is 54.0 Å². The van der Waals surface area contributed by atoms with Gasteiger partial charge in [0.25, 0.3) is 0 Å². The summed E-state index contributed by atoms with van der Waals surface area (Å²) in [5, 5.41) is 11.8. The van der Waals surface area contributed by atoms with Crippen molar-refractivity contribution in [2.24, 2.45) is 0 Å². The Morgan fingerprint density at radius 3 is 2.96 bits per heavy atom. The van der Waals surface area contributed by atoms with Crippen LogP contribution in [0.5, 0.6) is 6.01 Å². The fourth-order valence-electron chi connectivity index (χ4n) is 2.93. The van der Waals surface area contributed by atoms with E-state index >= 15 is 0 Å². The number of methoxy groups -OCH3 is 1. The van der Waals surface area contributed by atoms with Crippen LogP contribution < -0.4 is 20.7 Å². The lowest BCUT2D eigenvalue weighted by molar-refractivity contribution is 0.145. The summed E-state index contributed by atoms with van der Waals surface area (Å²) in [5.74, 6) is 0.658. The molecule has 0 aromatic carbocycles. The molecule has 4 heterocycles. The third-order valence-corrected chi connectivity index (χ3v) is 5.10. The predicted molar refractivity (Wildman–Crippen MR) is 102 cm³/mol. The van der Waals surface area contributed by atoms with E-state index in [-0.39, 0.29) is 6.10 Å². The zero-order chi connectivity index (χ0) is 17.8. The minimum Gasteiger partial charge on any atom is -0.460 e. The first kappa shape index (κ1) is 17.2. The molecule has 0 bridgehead atoms. The molecule has 2 aliphatic rings. The molecule has 0 saturated carbocycles. The summed E-state index contributed by atoms with van der Waals surface area (Å²) in [6, 6.07) is 2.25. The molecular weight excluding hydrogens is 352 g/mol. The fraction of sp³-hybridized carbons (Fsp3) is 0.471. The second kappa shape index (κ2) is 7.98. The van der Waals surface area contributed by atoms with Gasteiger partial charge in [-0.15, -0.1) is 0 Å².